The first-order chi connectivity index (χ1) is 10.0. The van der Waals surface area contributed by atoms with Gasteiger partial charge in [0.05, 0.1) is 16.3 Å². The van der Waals surface area contributed by atoms with E-state index in [4.69, 9.17) is 0 Å². The molecule has 1 N–H and O–H groups in total. The lowest BCUT2D eigenvalue weighted by atomic mass is 10.3. The lowest BCUT2D eigenvalue weighted by Crippen LogP contribution is -2.45. The van der Waals surface area contributed by atoms with E-state index in [1.54, 1.807) is 19.1 Å². The van der Waals surface area contributed by atoms with Crippen LogP contribution in [0.5, 0.6) is 0 Å². The third-order valence-electron chi connectivity index (χ3n) is 3.94. The van der Waals surface area contributed by atoms with Crippen LogP contribution in [-0.4, -0.2) is 70.3 Å². The fourth-order valence-corrected chi connectivity index (χ4v) is 3.53. The molecule has 0 aromatic heterocycles. The van der Waals surface area contributed by atoms with Crippen LogP contribution in [-0.2, 0) is 9.84 Å². The van der Waals surface area contributed by atoms with E-state index in [-0.39, 0.29) is 5.75 Å². The number of para-hydroxylation sites is 1. The smallest absolute Gasteiger partial charge is 0.180 e. The first-order valence-electron chi connectivity index (χ1n) is 7.49. The van der Waals surface area contributed by atoms with Crippen LogP contribution in [0, 0.1) is 0 Å². The Hall–Kier alpha value is -1.11. The van der Waals surface area contributed by atoms with Gasteiger partial charge in [0, 0.05) is 39.3 Å². The Morgan fingerprint density at radius 1 is 1.14 bits per heavy atom. The van der Waals surface area contributed by atoms with Crippen LogP contribution in [0.3, 0.4) is 0 Å². The van der Waals surface area contributed by atoms with Crippen molar-refractivity contribution in [1.29, 1.82) is 0 Å². The molecule has 21 heavy (non-hydrogen) atoms. The molecule has 0 radical (unpaired) electrons. The van der Waals surface area contributed by atoms with E-state index >= 15 is 0 Å². The van der Waals surface area contributed by atoms with Crippen molar-refractivity contribution in [3.05, 3.63) is 24.3 Å². The number of benzene rings is 1. The van der Waals surface area contributed by atoms with Crippen LogP contribution < -0.4 is 5.32 Å². The van der Waals surface area contributed by atoms with Crippen molar-refractivity contribution in [3.63, 3.8) is 0 Å². The molecule has 0 bridgehead atoms. The SMILES string of the molecule is CCS(=O)(=O)c1ccccc1NCCN1CCN(C)CC1. The molecule has 1 aliphatic rings. The Labute approximate surface area is 127 Å². The van der Waals surface area contributed by atoms with Crippen LogP contribution in [0.15, 0.2) is 29.2 Å². The van der Waals surface area contributed by atoms with Crippen LogP contribution in [0.2, 0.25) is 0 Å². The second-order valence-electron chi connectivity index (χ2n) is 5.47. The second-order valence-corrected chi connectivity index (χ2v) is 7.72. The highest BCUT2D eigenvalue weighted by atomic mass is 32.2. The molecule has 6 heteroatoms. The van der Waals surface area contributed by atoms with E-state index in [0.29, 0.717) is 10.6 Å². The van der Waals surface area contributed by atoms with Crippen LogP contribution in [0.25, 0.3) is 0 Å². The Morgan fingerprint density at radius 2 is 1.81 bits per heavy atom. The monoisotopic (exact) mass is 311 g/mol. The highest BCUT2D eigenvalue weighted by Gasteiger charge is 2.16. The van der Waals surface area contributed by atoms with Crippen LogP contribution in [0.1, 0.15) is 6.92 Å². The maximum absolute atomic E-state index is 12.1. The summed E-state index contributed by atoms with van der Waals surface area (Å²) in [5.41, 5.74) is 0.716. The molecule has 0 unspecified atom stereocenters. The third-order valence-corrected chi connectivity index (χ3v) is 5.73. The van der Waals surface area contributed by atoms with E-state index in [1.807, 2.05) is 12.1 Å². The van der Waals surface area contributed by atoms with E-state index in [1.165, 1.54) is 0 Å². The molecule has 118 valence electrons. The van der Waals surface area contributed by atoms with Gasteiger partial charge in [-0.25, -0.2) is 8.42 Å². The van der Waals surface area contributed by atoms with Crippen molar-refractivity contribution in [2.75, 3.05) is 57.4 Å². The molecular formula is C15H25N3O2S. The summed E-state index contributed by atoms with van der Waals surface area (Å²) in [5, 5.41) is 3.28. The number of likely N-dealkylation sites (N-methyl/N-ethyl adjacent to an activating group) is 1. The topological polar surface area (TPSA) is 52.7 Å². The molecule has 5 nitrogen and oxygen atoms in total. The summed E-state index contributed by atoms with van der Waals surface area (Å²) in [6.07, 6.45) is 0. The zero-order valence-electron chi connectivity index (χ0n) is 12.9. The van der Waals surface area contributed by atoms with Gasteiger partial charge in [0.15, 0.2) is 9.84 Å². The number of piperazine rings is 1. The number of sulfone groups is 1. The zero-order valence-corrected chi connectivity index (χ0v) is 13.7. The van der Waals surface area contributed by atoms with Gasteiger partial charge in [0.1, 0.15) is 0 Å². The Kier molecular flexibility index (Phi) is 5.61. The molecule has 0 spiro atoms. The number of hydrogen-bond donors (Lipinski definition) is 1. The molecule has 2 rings (SSSR count). The maximum Gasteiger partial charge on any atom is 0.180 e. The van der Waals surface area contributed by atoms with Gasteiger partial charge in [-0.3, -0.25) is 4.90 Å². The average Bonchev–Trinajstić information content (AvgIpc) is 2.50. The molecule has 0 aliphatic carbocycles. The van der Waals surface area contributed by atoms with E-state index < -0.39 is 9.84 Å². The maximum atomic E-state index is 12.1. The lowest BCUT2D eigenvalue weighted by Gasteiger charge is -2.32. The van der Waals surface area contributed by atoms with Gasteiger partial charge >= 0.3 is 0 Å². The summed E-state index contributed by atoms with van der Waals surface area (Å²) < 4.78 is 24.1. The van der Waals surface area contributed by atoms with Gasteiger partial charge in [-0.05, 0) is 19.2 Å². The van der Waals surface area contributed by atoms with Crippen molar-refractivity contribution >= 4 is 15.5 Å². The predicted molar refractivity (Wildman–Crippen MR) is 86.6 cm³/mol. The Balaban J connectivity index is 1.92. The number of nitrogens with one attached hydrogen (secondary N) is 1. The van der Waals surface area contributed by atoms with Crippen molar-refractivity contribution in [1.82, 2.24) is 9.80 Å². The van der Waals surface area contributed by atoms with Crippen LogP contribution >= 0.6 is 0 Å². The zero-order chi connectivity index (χ0) is 15.3. The molecule has 1 aromatic carbocycles. The first-order valence-corrected chi connectivity index (χ1v) is 9.14. The number of hydrogen-bond acceptors (Lipinski definition) is 5. The van der Waals surface area contributed by atoms with Crippen molar-refractivity contribution in [3.8, 4) is 0 Å². The molecule has 1 heterocycles. The summed E-state index contributed by atoms with van der Waals surface area (Å²) in [4.78, 5) is 5.14. The minimum Gasteiger partial charge on any atom is -0.383 e. The van der Waals surface area contributed by atoms with E-state index in [0.717, 1.165) is 39.3 Å². The molecule has 1 aromatic rings. The standard InChI is InChI=1S/C15H25N3O2S/c1-3-21(19,20)15-7-5-4-6-14(15)16-8-9-18-12-10-17(2)11-13-18/h4-7,16H,3,8-13H2,1-2H3. The van der Waals surface area contributed by atoms with Crippen LogP contribution in [0.4, 0.5) is 5.69 Å². The number of anilines is 1. The number of nitrogens with zero attached hydrogens (tertiary/aromatic N) is 2. The fraction of sp³-hybridized carbons (Fsp3) is 0.600. The van der Waals surface area contributed by atoms with E-state index in [2.05, 4.69) is 22.2 Å². The molecule has 0 saturated carbocycles. The Morgan fingerprint density at radius 3 is 2.48 bits per heavy atom. The van der Waals surface area contributed by atoms with Crippen molar-refractivity contribution in [2.24, 2.45) is 0 Å². The summed E-state index contributed by atoms with van der Waals surface area (Å²) in [7, 11) is -1.03. The molecule has 1 aliphatic heterocycles. The predicted octanol–water partition coefficient (Wildman–Crippen LogP) is 1.14. The van der Waals surface area contributed by atoms with Gasteiger partial charge < -0.3 is 10.2 Å². The normalized spacial score (nSPS) is 17.8. The highest BCUT2D eigenvalue weighted by molar-refractivity contribution is 7.91. The Bertz CT molecular complexity index is 552. The summed E-state index contributed by atoms with van der Waals surface area (Å²) in [6, 6.07) is 7.16. The second kappa shape index (κ2) is 7.24. The molecular weight excluding hydrogens is 286 g/mol. The third kappa shape index (κ3) is 4.43. The first kappa shape index (κ1) is 16.3. The molecule has 1 saturated heterocycles. The quantitative estimate of drug-likeness (QED) is 0.854. The van der Waals surface area contributed by atoms with Gasteiger partial charge in [-0.15, -0.1) is 0 Å². The minimum atomic E-state index is -3.17. The number of rotatable bonds is 6. The van der Waals surface area contributed by atoms with E-state index in [9.17, 15) is 8.42 Å². The highest BCUT2D eigenvalue weighted by Crippen LogP contribution is 2.21. The summed E-state index contributed by atoms with van der Waals surface area (Å²) >= 11 is 0. The van der Waals surface area contributed by atoms with Gasteiger partial charge in [-0.2, -0.15) is 0 Å². The lowest BCUT2D eigenvalue weighted by molar-refractivity contribution is 0.158. The largest absolute Gasteiger partial charge is 0.383 e. The molecule has 0 amide bonds. The summed E-state index contributed by atoms with van der Waals surface area (Å²) in [6.45, 7) is 7.73. The molecule has 1 fully saturated rings. The van der Waals surface area contributed by atoms with Gasteiger partial charge in [0.25, 0.3) is 0 Å². The average molecular weight is 311 g/mol. The van der Waals surface area contributed by atoms with Gasteiger partial charge in [-0.1, -0.05) is 19.1 Å². The van der Waals surface area contributed by atoms with Gasteiger partial charge in [0.2, 0.25) is 0 Å². The van der Waals surface area contributed by atoms with Crippen molar-refractivity contribution < 1.29 is 8.42 Å². The fourth-order valence-electron chi connectivity index (χ4n) is 2.46. The van der Waals surface area contributed by atoms with Crippen molar-refractivity contribution in [2.45, 2.75) is 11.8 Å². The summed E-state index contributed by atoms with van der Waals surface area (Å²) in [5.74, 6) is 0.129. The molecule has 0 atom stereocenters. The minimum absolute atomic E-state index is 0.129.